The number of aromatic hydroxyl groups is 1. The lowest BCUT2D eigenvalue weighted by Crippen LogP contribution is -3.09. The van der Waals surface area contributed by atoms with Gasteiger partial charge in [-0.3, -0.25) is 25.1 Å². The number of amides is 1. The topological polar surface area (TPSA) is 225 Å². The summed E-state index contributed by atoms with van der Waals surface area (Å²) in [6, 6.07) is 15.0. The third-order valence-electron chi connectivity index (χ3n) is 11.3. The van der Waals surface area contributed by atoms with Gasteiger partial charge in [0.1, 0.15) is 35.7 Å². The minimum absolute atomic E-state index is 0.0735. The molecule has 9 rings (SSSR count). The molecule has 1 saturated heterocycles. The molecule has 4 aliphatic heterocycles. The second kappa shape index (κ2) is 12.8. The van der Waals surface area contributed by atoms with E-state index in [0.29, 0.717) is 29.0 Å². The van der Waals surface area contributed by atoms with E-state index >= 15 is 0 Å². The summed E-state index contributed by atoms with van der Waals surface area (Å²) in [7, 11) is 0. The summed E-state index contributed by atoms with van der Waals surface area (Å²) < 4.78 is 19.3. The summed E-state index contributed by atoms with van der Waals surface area (Å²) in [4.78, 5) is 50.1. The van der Waals surface area contributed by atoms with Gasteiger partial charge in [0.25, 0.3) is 11.7 Å². The zero-order valence-electron chi connectivity index (χ0n) is 28.7. The van der Waals surface area contributed by atoms with Crippen molar-refractivity contribution >= 4 is 40.7 Å². The van der Waals surface area contributed by atoms with E-state index in [9.17, 15) is 34.8 Å². The van der Waals surface area contributed by atoms with E-state index in [1.54, 1.807) is 42.5 Å². The van der Waals surface area contributed by atoms with Crippen LogP contribution in [-0.2, 0) is 14.3 Å². The fraction of sp³-hybridized carbons (Fsp3) is 0.333. The molecule has 6 aliphatic rings. The number of benzene rings is 3. The highest BCUT2D eigenvalue weighted by atomic mass is 16.7. The first-order valence-corrected chi connectivity index (χ1v) is 17.9. The molecule has 7 N–H and O–H groups in total. The van der Waals surface area contributed by atoms with Gasteiger partial charge < -0.3 is 34.6 Å². The number of aliphatic imine (C=N–C) groups is 2. The molecule has 15 nitrogen and oxygen atoms in total. The zero-order valence-corrected chi connectivity index (χ0v) is 28.7. The molecule has 1 amide bonds. The summed E-state index contributed by atoms with van der Waals surface area (Å²) in [6.07, 6.45) is -1.43. The van der Waals surface area contributed by atoms with Crippen molar-refractivity contribution in [3.8, 4) is 11.5 Å². The third-order valence-corrected chi connectivity index (χ3v) is 11.3. The van der Waals surface area contributed by atoms with Gasteiger partial charge in [-0.2, -0.15) is 4.99 Å². The number of quaternary nitrogens is 1. The number of ketones is 2. The average Bonchev–Trinajstić information content (AvgIpc) is 3.60. The van der Waals surface area contributed by atoms with Gasteiger partial charge in [0.05, 0.1) is 11.8 Å². The Hall–Kier alpha value is -5.58. The fourth-order valence-corrected chi connectivity index (χ4v) is 8.65. The van der Waals surface area contributed by atoms with Crippen molar-refractivity contribution in [2.24, 2.45) is 9.98 Å². The first-order chi connectivity index (χ1) is 26.1. The van der Waals surface area contributed by atoms with Crippen LogP contribution in [0.1, 0.15) is 81.0 Å². The number of amidine groups is 1. The van der Waals surface area contributed by atoms with Crippen molar-refractivity contribution in [2.75, 3.05) is 6.67 Å². The quantitative estimate of drug-likeness (QED) is 0.155. The van der Waals surface area contributed by atoms with E-state index in [-0.39, 0.29) is 57.7 Å². The van der Waals surface area contributed by atoms with E-state index in [2.05, 4.69) is 15.3 Å². The summed E-state index contributed by atoms with van der Waals surface area (Å²) in [6.45, 7) is 0.0735. The first-order valence-electron chi connectivity index (χ1n) is 17.9. The number of phenols is 1. The Morgan fingerprint density at radius 1 is 0.870 bits per heavy atom. The van der Waals surface area contributed by atoms with Gasteiger partial charge in [0.2, 0.25) is 18.0 Å². The molecule has 2 bridgehead atoms. The van der Waals surface area contributed by atoms with Crippen molar-refractivity contribution in [1.29, 1.82) is 5.41 Å². The number of nitrogens with one attached hydrogen (secondary N) is 3. The summed E-state index contributed by atoms with van der Waals surface area (Å²) >= 11 is 0. The van der Waals surface area contributed by atoms with Crippen LogP contribution in [0.5, 0.6) is 11.5 Å². The lowest BCUT2D eigenvalue weighted by atomic mass is 9.76. The predicted molar refractivity (Wildman–Crippen MR) is 189 cm³/mol. The van der Waals surface area contributed by atoms with Gasteiger partial charge in [-0.1, -0.05) is 48.9 Å². The van der Waals surface area contributed by atoms with Crippen LogP contribution in [0.2, 0.25) is 0 Å². The Morgan fingerprint density at radius 3 is 2.37 bits per heavy atom. The second-order valence-corrected chi connectivity index (χ2v) is 14.3. The number of guanidine groups is 1. The number of hydrogen-bond acceptors (Lipinski definition) is 12. The minimum atomic E-state index is -1.80. The molecule has 3 aromatic carbocycles. The van der Waals surface area contributed by atoms with Crippen LogP contribution >= 0.6 is 0 Å². The summed E-state index contributed by atoms with van der Waals surface area (Å²) in [5, 5.41) is 56.4. The molecular weight excluding hydrogens is 698 g/mol. The monoisotopic (exact) mass is 734 g/mol. The molecule has 2 aliphatic carbocycles. The number of allylic oxidation sites excluding steroid dienone is 1. The number of hydrogen-bond donors (Lipinski definition) is 7. The number of aliphatic hydroxyl groups excluding tert-OH is 3. The van der Waals surface area contributed by atoms with E-state index in [1.165, 1.54) is 24.5 Å². The molecule has 2 fully saturated rings. The van der Waals surface area contributed by atoms with Gasteiger partial charge in [-0.25, -0.2) is 9.89 Å². The van der Waals surface area contributed by atoms with Crippen LogP contribution in [0.15, 0.2) is 76.9 Å². The Labute approximate surface area is 307 Å². The van der Waals surface area contributed by atoms with E-state index in [4.69, 9.17) is 19.6 Å². The lowest BCUT2D eigenvalue weighted by molar-refractivity contribution is -0.723. The standard InChI is InChI=1S/C39H35N5O10/c40-38-42-35-26(36(51)43-38)41-17-44(35)24-11-5-4-8-19(24)18-12-15-52-39(13-6-1-7-14-39)34-31(49)30(48)32(50)37(54-34)53-33-22(18)16-23-25(29(33)47)28(46)21-10-3-2-9-20(21)27(23)45/h2-5,8-12,15-16,18,30-32,34,37,47-50H,1,6-7,13-14,17H2,(H2,40,43,51)/p+1. The number of ether oxygens (including phenoxy) is 3. The summed E-state index contributed by atoms with van der Waals surface area (Å²) in [5.41, 5.74) is 0.182. The van der Waals surface area contributed by atoms with Crippen molar-refractivity contribution in [3.63, 3.8) is 0 Å². The highest BCUT2D eigenvalue weighted by Crippen LogP contribution is 2.49. The molecular formula is C39H36N5O10+. The van der Waals surface area contributed by atoms with E-state index < -0.39 is 65.4 Å². The van der Waals surface area contributed by atoms with E-state index in [0.717, 1.165) is 19.3 Å². The number of carbonyl (C=O) groups is 3. The molecule has 4 heterocycles. The molecule has 7 atom stereocenters. The Kier molecular flexibility index (Phi) is 8.09. The number of aliphatic hydroxyl groups is 3. The highest BCUT2D eigenvalue weighted by molar-refractivity contribution is 6.68. The normalized spacial score (nSPS) is 29.6. The number of fused-ring (bicyclic) bond motifs is 7. The van der Waals surface area contributed by atoms with E-state index in [1.807, 2.05) is 0 Å². The van der Waals surface area contributed by atoms with Crippen LogP contribution in [0.25, 0.3) is 0 Å². The molecule has 3 aromatic rings. The second-order valence-electron chi connectivity index (χ2n) is 14.3. The SMILES string of the molecule is N=C1N=C2C(=NC[NH+]2c2ccccc2C2C=COC3(CCCCC3)C3OC(Oc4c2cc2c(c4O)C(=O)c4ccccc4C2=O)C(O)C(O)C3O)C(=O)N1. The van der Waals surface area contributed by atoms with Gasteiger partial charge >= 0.3 is 0 Å². The number of phenolic OH excluding ortho intramolecular Hbond substituents is 1. The predicted octanol–water partition coefficient (Wildman–Crippen LogP) is 1.12. The Morgan fingerprint density at radius 2 is 1.59 bits per heavy atom. The number of rotatable bonds is 2. The maximum absolute atomic E-state index is 14.1. The molecule has 7 unspecified atom stereocenters. The molecule has 1 spiro atoms. The number of nitrogens with zero attached hydrogens (tertiary/aromatic N) is 2. The highest BCUT2D eigenvalue weighted by Gasteiger charge is 2.56. The van der Waals surface area contributed by atoms with Crippen molar-refractivity contribution in [2.45, 2.75) is 74.3 Å². The fourth-order valence-electron chi connectivity index (χ4n) is 8.65. The maximum Gasteiger partial charge on any atom is 0.284 e. The molecule has 276 valence electrons. The van der Waals surface area contributed by atoms with Gasteiger partial charge in [-0.05, 0) is 43.9 Å². The van der Waals surface area contributed by atoms with Crippen LogP contribution in [-0.4, -0.2) is 98.4 Å². The maximum atomic E-state index is 14.1. The Balaban J connectivity index is 1.28. The van der Waals surface area contributed by atoms with Crippen molar-refractivity contribution in [1.82, 2.24) is 5.32 Å². The van der Waals surface area contributed by atoms with Crippen LogP contribution in [0.3, 0.4) is 0 Å². The van der Waals surface area contributed by atoms with Crippen LogP contribution in [0.4, 0.5) is 5.69 Å². The van der Waals surface area contributed by atoms with Crippen LogP contribution < -0.4 is 15.0 Å². The van der Waals surface area contributed by atoms with Crippen molar-refractivity contribution in [3.05, 3.63) is 100 Å². The zero-order chi connectivity index (χ0) is 37.5. The Bertz CT molecular complexity index is 2240. The van der Waals surface area contributed by atoms with Crippen LogP contribution in [0, 0.1) is 5.41 Å². The van der Waals surface area contributed by atoms with Gasteiger partial charge in [0, 0.05) is 33.7 Å². The molecule has 1 saturated carbocycles. The van der Waals surface area contributed by atoms with Gasteiger partial charge in [-0.15, -0.1) is 0 Å². The number of para-hydroxylation sites is 1. The van der Waals surface area contributed by atoms with Gasteiger partial charge in [0.15, 0.2) is 29.7 Å². The van der Waals surface area contributed by atoms with Crippen molar-refractivity contribution < 1.29 is 53.9 Å². The molecule has 0 aromatic heterocycles. The third kappa shape index (κ3) is 5.15. The minimum Gasteiger partial charge on any atom is -0.504 e. The largest absolute Gasteiger partial charge is 0.504 e. The smallest absolute Gasteiger partial charge is 0.284 e. The average molecular weight is 735 g/mol. The first kappa shape index (κ1) is 34.2. The molecule has 0 radical (unpaired) electrons. The lowest BCUT2D eigenvalue weighted by Gasteiger charge is -2.49. The number of carbonyl (C=O) groups excluding carboxylic acids is 3. The molecule has 15 heteroatoms. The molecule has 54 heavy (non-hydrogen) atoms. The summed E-state index contributed by atoms with van der Waals surface area (Å²) in [5.74, 6) is -3.64.